The van der Waals surface area contributed by atoms with Gasteiger partial charge in [0.05, 0.1) is 0 Å². The number of hydrogen-bond acceptors (Lipinski definition) is 1. The van der Waals surface area contributed by atoms with Gasteiger partial charge in [-0.25, -0.2) is 0 Å². The first-order chi connectivity index (χ1) is 8.81. The van der Waals surface area contributed by atoms with Crippen molar-refractivity contribution in [3.63, 3.8) is 0 Å². The van der Waals surface area contributed by atoms with Gasteiger partial charge in [-0.1, -0.05) is 39.3 Å². The Morgan fingerprint density at radius 2 is 1.84 bits per heavy atom. The highest BCUT2D eigenvalue weighted by atomic mass is 16.1. The van der Waals surface area contributed by atoms with E-state index in [1.807, 2.05) is 0 Å². The third-order valence-corrected chi connectivity index (χ3v) is 6.76. The third kappa shape index (κ3) is 1.69. The monoisotopic (exact) mass is 260 g/mol. The number of fused-ring (bicyclic) bond motifs is 3. The molecule has 0 bridgehead atoms. The minimum Gasteiger partial charge on any atom is -0.299 e. The molecule has 19 heavy (non-hydrogen) atoms. The normalized spacial score (nSPS) is 45.2. The lowest BCUT2D eigenvalue weighted by molar-refractivity contribution is -0.141. The molecule has 0 aromatic rings. The second kappa shape index (κ2) is 3.96. The van der Waals surface area contributed by atoms with Gasteiger partial charge in [0.2, 0.25) is 0 Å². The Kier molecular flexibility index (Phi) is 2.79. The molecule has 1 heteroatoms. The van der Waals surface area contributed by atoms with Crippen molar-refractivity contribution in [1.29, 1.82) is 0 Å². The number of hydrogen-bond donors (Lipinski definition) is 0. The molecule has 2 fully saturated rings. The van der Waals surface area contributed by atoms with Crippen molar-refractivity contribution in [2.24, 2.45) is 22.2 Å². The predicted octanol–water partition coefficient (Wildman–Crippen LogP) is 4.91. The molecule has 106 valence electrons. The van der Waals surface area contributed by atoms with Crippen LogP contribution in [0.2, 0.25) is 0 Å². The Morgan fingerprint density at radius 1 is 1.11 bits per heavy atom. The molecule has 3 atom stereocenters. The van der Waals surface area contributed by atoms with E-state index in [1.54, 1.807) is 5.57 Å². The fraction of sp³-hybridized carbons (Fsp3) is 0.833. The Hall–Kier alpha value is -0.590. The number of allylic oxidation sites excluding steroid dienone is 2. The molecule has 3 rings (SSSR count). The topological polar surface area (TPSA) is 17.1 Å². The zero-order chi connectivity index (χ0) is 13.9. The quantitative estimate of drug-likeness (QED) is 0.566. The van der Waals surface area contributed by atoms with Crippen LogP contribution in [0.4, 0.5) is 0 Å². The van der Waals surface area contributed by atoms with Crippen LogP contribution in [0, 0.1) is 22.2 Å². The second-order valence-electron chi connectivity index (χ2n) is 8.22. The van der Waals surface area contributed by atoms with Gasteiger partial charge in [-0.3, -0.25) is 4.79 Å². The summed E-state index contributed by atoms with van der Waals surface area (Å²) in [7, 11) is 0. The standard InChI is InChI=1S/C18H28O/c1-16(2)13-8-11-17(3)10-6-5-7-14(17)18(13,4)12-9-15(16)19/h7,13H,5-6,8-12H2,1-4H3/t13-,17+,18-/m0/s1. The van der Waals surface area contributed by atoms with E-state index in [0.29, 0.717) is 17.1 Å². The molecule has 3 aliphatic rings. The van der Waals surface area contributed by atoms with Crippen molar-refractivity contribution >= 4 is 5.78 Å². The van der Waals surface area contributed by atoms with Gasteiger partial charge in [-0.15, -0.1) is 0 Å². The van der Waals surface area contributed by atoms with Crippen LogP contribution in [0.1, 0.15) is 72.6 Å². The first kappa shape index (κ1) is 13.4. The summed E-state index contributed by atoms with van der Waals surface area (Å²) in [5, 5.41) is 0. The number of carbonyl (C=O) groups is 1. The molecule has 3 aliphatic carbocycles. The lowest BCUT2D eigenvalue weighted by atomic mass is 9.44. The Labute approximate surface area is 117 Å². The van der Waals surface area contributed by atoms with Gasteiger partial charge < -0.3 is 0 Å². The summed E-state index contributed by atoms with van der Waals surface area (Å²) in [6.07, 6.45) is 10.9. The minimum atomic E-state index is -0.118. The van der Waals surface area contributed by atoms with Crippen molar-refractivity contribution in [1.82, 2.24) is 0 Å². The first-order valence-electron chi connectivity index (χ1n) is 8.05. The van der Waals surface area contributed by atoms with E-state index in [0.717, 1.165) is 12.8 Å². The average Bonchev–Trinajstić information content (AvgIpc) is 2.34. The van der Waals surface area contributed by atoms with E-state index >= 15 is 0 Å². The summed E-state index contributed by atoms with van der Waals surface area (Å²) < 4.78 is 0. The summed E-state index contributed by atoms with van der Waals surface area (Å²) in [5.41, 5.74) is 2.31. The van der Waals surface area contributed by atoms with Crippen LogP contribution in [0.15, 0.2) is 11.6 Å². The highest BCUT2D eigenvalue weighted by Crippen LogP contribution is 2.65. The van der Waals surface area contributed by atoms with Gasteiger partial charge in [-0.2, -0.15) is 0 Å². The molecule has 0 aromatic heterocycles. The lowest BCUT2D eigenvalue weighted by Gasteiger charge is -2.60. The van der Waals surface area contributed by atoms with Gasteiger partial charge in [0.1, 0.15) is 5.78 Å². The van der Waals surface area contributed by atoms with Crippen LogP contribution in [0.5, 0.6) is 0 Å². The van der Waals surface area contributed by atoms with Crippen molar-refractivity contribution in [3.05, 3.63) is 11.6 Å². The number of Topliss-reactive ketones (excluding diaryl/α,β-unsaturated/α-hetero) is 1. The van der Waals surface area contributed by atoms with E-state index in [-0.39, 0.29) is 10.8 Å². The van der Waals surface area contributed by atoms with Crippen molar-refractivity contribution in [3.8, 4) is 0 Å². The fourth-order valence-corrected chi connectivity index (χ4v) is 5.63. The molecular weight excluding hydrogens is 232 g/mol. The lowest BCUT2D eigenvalue weighted by Crippen LogP contribution is -2.54. The maximum Gasteiger partial charge on any atom is 0.138 e. The molecule has 0 saturated heterocycles. The maximum atomic E-state index is 12.3. The minimum absolute atomic E-state index is 0.118. The molecule has 2 saturated carbocycles. The third-order valence-electron chi connectivity index (χ3n) is 6.76. The molecule has 0 N–H and O–H groups in total. The molecule has 0 radical (unpaired) electrons. The average molecular weight is 260 g/mol. The Balaban J connectivity index is 2.07. The van der Waals surface area contributed by atoms with Gasteiger partial charge in [0.15, 0.2) is 0 Å². The summed E-state index contributed by atoms with van der Waals surface area (Å²) in [5.74, 6) is 1.05. The molecule has 0 unspecified atom stereocenters. The van der Waals surface area contributed by atoms with Crippen LogP contribution in [0.3, 0.4) is 0 Å². The van der Waals surface area contributed by atoms with Crippen LogP contribution in [0.25, 0.3) is 0 Å². The first-order valence-corrected chi connectivity index (χ1v) is 8.05. The van der Waals surface area contributed by atoms with Crippen LogP contribution in [-0.4, -0.2) is 5.78 Å². The Morgan fingerprint density at radius 3 is 2.58 bits per heavy atom. The van der Waals surface area contributed by atoms with Crippen LogP contribution in [-0.2, 0) is 4.79 Å². The smallest absolute Gasteiger partial charge is 0.138 e. The summed E-state index contributed by atoms with van der Waals surface area (Å²) in [6, 6.07) is 0. The second-order valence-corrected chi connectivity index (χ2v) is 8.22. The molecule has 0 heterocycles. The van der Waals surface area contributed by atoms with E-state index in [4.69, 9.17) is 0 Å². The highest BCUT2D eigenvalue weighted by molar-refractivity contribution is 5.85. The number of rotatable bonds is 0. The molecule has 0 aromatic carbocycles. The molecule has 0 aliphatic heterocycles. The molecule has 0 amide bonds. The van der Waals surface area contributed by atoms with Crippen molar-refractivity contribution in [2.75, 3.05) is 0 Å². The zero-order valence-electron chi connectivity index (χ0n) is 13.0. The van der Waals surface area contributed by atoms with Gasteiger partial charge in [0.25, 0.3) is 0 Å². The van der Waals surface area contributed by atoms with Crippen molar-refractivity contribution in [2.45, 2.75) is 72.6 Å². The molecular formula is C18H28O. The zero-order valence-corrected chi connectivity index (χ0v) is 13.0. The highest BCUT2D eigenvalue weighted by Gasteiger charge is 2.57. The predicted molar refractivity (Wildman–Crippen MR) is 78.9 cm³/mol. The van der Waals surface area contributed by atoms with Gasteiger partial charge in [-0.05, 0) is 55.3 Å². The number of ketones is 1. The SMILES string of the molecule is CC1(C)C(=O)CC[C@]2(C)C3=CCCC[C@]3(C)CC[C@@H]12. The molecule has 0 spiro atoms. The molecule has 1 nitrogen and oxygen atoms in total. The summed E-state index contributed by atoms with van der Waals surface area (Å²) in [4.78, 5) is 12.3. The maximum absolute atomic E-state index is 12.3. The van der Waals surface area contributed by atoms with Gasteiger partial charge in [0, 0.05) is 11.8 Å². The van der Waals surface area contributed by atoms with Crippen LogP contribution < -0.4 is 0 Å². The largest absolute Gasteiger partial charge is 0.299 e. The summed E-state index contributed by atoms with van der Waals surface area (Å²) >= 11 is 0. The Bertz CT molecular complexity index is 445. The fourth-order valence-electron chi connectivity index (χ4n) is 5.63. The van der Waals surface area contributed by atoms with E-state index in [2.05, 4.69) is 33.8 Å². The number of carbonyl (C=O) groups excluding carboxylic acids is 1. The van der Waals surface area contributed by atoms with E-state index < -0.39 is 0 Å². The van der Waals surface area contributed by atoms with Gasteiger partial charge >= 0.3 is 0 Å². The summed E-state index contributed by atoms with van der Waals surface area (Å²) in [6.45, 7) is 9.33. The van der Waals surface area contributed by atoms with Crippen LogP contribution >= 0.6 is 0 Å². The van der Waals surface area contributed by atoms with E-state index in [1.165, 1.54) is 32.1 Å². The van der Waals surface area contributed by atoms with Crippen molar-refractivity contribution < 1.29 is 4.79 Å². The van der Waals surface area contributed by atoms with E-state index in [9.17, 15) is 4.79 Å².